The highest BCUT2D eigenvalue weighted by Gasteiger charge is 2.72. The number of hydrogen-bond donors (Lipinski definition) is 6. The van der Waals surface area contributed by atoms with Gasteiger partial charge in [0.15, 0.2) is 0 Å². The van der Waals surface area contributed by atoms with Crippen molar-refractivity contribution in [2.75, 3.05) is 6.61 Å². The number of aliphatic carboxylic acids is 1. The summed E-state index contributed by atoms with van der Waals surface area (Å²) in [6.07, 6.45) is 3.05. The van der Waals surface area contributed by atoms with Crippen LogP contribution in [0.25, 0.3) is 0 Å². The van der Waals surface area contributed by atoms with E-state index in [1.807, 2.05) is 6.92 Å². The van der Waals surface area contributed by atoms with Gasteiger partial charge >= 0.3 is 5.97 Å². The molecule has 0 bridgehead atoms. The zero-order chi connectivity index (χ0) is 28.0. The van der Waals surface area contributed by atoms with Crippen LogP contribution in [0.3, 0.4) is 0 Å². The lowest BCUT2D eigenvalue weighted by Gasteiger charge is -2.72. The minimum absolute atomic E-state index is 0.0580. The van der Waals surface area contributed by atoms with Crippen molar-refractivity contribution in [1.29, 1.82) is 0 Å². The molecule has 0 heterocycles. The molecule has 4 aliphatic carbocycles. The van der Waals surface area contributed by atoms with Gasteiger partial charge in [-0.25, -0.2) is 0 Å². The quantitative estimate of drug-likeness (QED) is 0.304. The van der Waals surface area contributed by atoms with Crippen LogP contribution in [0, 0.1) is 44.8 Å². The Kier molecular flexibility index (Phi) is 6.86. The molecule has 7 nitrogen and oxygen atoms in total. The summed E-state index contributed by atoms with van der Waals surface area (Å²) < 4.78 is 0. The third-order valence-corrected chi connectivity index (χ3v) is 12.4. The van der Waals surface area contributed by atoms with Gasteiger partial charge in [0.2, 0.25) is 0 Å². The van der Waals surface area contributed by atoms with Gasteiger partial charge < -0.3 is 30.6 Å². The smallest absolute Gasteiger partial charge is 0.303 e. The van der Waals surface area contributed by atoms with Crippen LogP contribution in [0.5, 0.6) is 0 Å². The van der Waals surface area contributed by atoms with Crippen molar-refractivity contribution in [3.63, 3.8) is 0 Å². The number of aliphatic hydroxyl groups excluding tert-OH is 4. The van der Waals surface area contributed by atoms with E-state index in [-0.39, 0.29) is 30.1 Å². The summed E-state index contributed by atoms with van der Waals surface area (Å²) in [5.41, 5.74) is -3.16. The molecule has 7 heteroatoms. The molecule has 3 fully saturated rings. The van der Waals surface area contributed by atoms with Gasteiger partial charge in [-0.2, -0.15) is 0 Å². The van der Waals surface area contributed by atoms with E-state index in [1.165, 1.54) is 0 Å². The van der Waals surface area contributed by atoms with Gasteiger partial charge in [-0.05, 0) is 74.0 Å². The van der Waals surface area contributed by atoms with E-state index in [0.29, 0.717) is 25.7 Å². The van der Waals surface area contributed by atoms with Crippen LogP contribution in [0.1, 0.15) is 93.4 Å². The second-order valence-corrected chi connectivity index (χ2v) is 15.0. The van der Waals surface area contributed by atoms with Crippen LogP contribution in [0.15, 0.2) is 11.6 Å². The van der Waals surface area contributed by atoms with Crippen LogP contribution < -0.4 is 0 Å². The summed E-state index contributed by atoms with van der Waals surface area (Å²) in [5.74, 6) is -1.59. The number of carbonyl (C=O) groups is 1. The van der Waals surface area contributed by atoms with E-state index in [4.69, 9.17) is 0 Å². The fourth-order valence-electron chi connectivity index (χ4n) is 9.96. The van der Waals surface area contributed by atoms with Crippen molar-refractivity contribution in [2.24, 2.45) is 44.8 Å². The van der Waals surface area contributed by atoms with Crippen molar-refractivity contribution in [3.05, 3.63) is 11.6 Å². The molecule has 4 aliphatic rings. The van der Waals surface area contributed by atoms with Crippen LogP contribution in [0.4, 0.5) is 0 Å². The lowest BCUT2D eigenvalue weighted by atomic mass is 9.33. The molecule has 4 rings (SSSR count). The normalized spacial score (nSPS) is 50.6. The average molecular weight is 523 g/mol. The van der Waals surface area contributed by atoms with Gasteiger partial charge in [0.1, 0.15) is 0 Å². The fraction of sp³-hybridized carbons (Fsp3) is 0.900. The first-order valence-corrected chi connectivity index (χ1v) is 14.1. The molecule has 0 aromatic heterocycles. The van der Waals surface area contributed by atoms with E-state index in [1.54, 1.807) is 6.92 Å². The number of allylic oxidation sites excluding steroid dienone is 1. The Morgan fingerprint density at radius 2 is 1.62 bits per heavy atom. The molecule has 3 saturated carbocycles. The summed E-state index contributed by atoms with van der Waals surface area (Å²) >= 11 is 0. The predicted octanol–water partition coefficient (Wildman–Crippen LogP) is 3.51. The van der Waals surface area contributed by atoms with E-state index < -0.39 is 64.1 Å². The lowest BCUT2D eigenvalue weighted by molar-refractivity contribution is -0.260. The zero-order valence-corrected chi connectivity index (χ0v) is 23.8. The third kappa shape index (κ3) is 3.89. The molecular formula is C30H50O7. The summed E-state index contributed by atoms with van der Waals surface area (Å²) in [7, 11) is 0. The number of carboxylic acids is 1. The fourth-order valence-corrected chi connectivity index (χ4v) is 9.96. The minimum atomic E-state index is -1.48. The molecule has 37 heavy (non-hydrogen) atoms. The Balaban J connectivity index is 1.90. The molecule has 0 radical (unpaired) electrons. The topological polar surface area (TPSA) is 138 Å². The van der Waals surface area contributed by atoms with Crippen molar-refractivity contribution < 1.29 is 35.4 Å². The summed E-state index contributed by atoms with van der Waals surface area (Å²) in [4.78, 5) is 11.7. The number of fused-ring (bicyclic) bond motifs is 5. The molecule has 11 unspecified atom stereocenters. The molecule has 11 atom stereocenters. The van der Waals surface area contributed by atoms with E-state index in [2.05, 4.69) is 40.7 Å². The Morgan fingerprint density at radius 1 is 1.00 bits per heavy atom. The van der Waals surface area contributed by atoms with E-state index >= 15 is 0 Å². The largest absolute Gasteiger partial charge is 0.481 e. The maximum absolute atomic E-state index is 12.0. The van der Waals surface area contributed by atoms with Crippen molar-refractivity contribution in [1.82, 2.24) is 0 Å². The number of carboxylic acid groups (broad SMARTS) is 1. The van der Waals surface area contributed by atoms with Crippen LogP contribution in [-0.4, -0.2) is 67.1 Å². The van der Waals surface area contributed by atoms with E-state index in [9.17, 15) is 35.4 Å². The van der Waals surface area contributed by atoms with Crippen molar-refractivity contribution in [2.45, 2.75) is 117 Å². The first kappa shape index (κ1) is 29.0. The Bertz CT molecular complexity index is 958. The highest BCUT2D eigenvalue weighted by atomic mass is 16.4. The summed E-state index contributed by atoms with van der Waals surface area (Å²) in [6, 6.07) is 0. The number of aliphatic hydroxyl groups is 5. The van der Waals surface area contributed by atoms with Gasteiger partial charge in [-0.1, -0.05) is 53.2 Å². The molecule has 0 amide bonds. The first-order valence-electron chi connectivity index (χ1n) is 14.1. The second-order valence-electron chi connectivity index (χ2n) is 15.0. The van der Waals surface area contributed by atoms with E-state index in [0.717, 1.165) is 12.0 Å². The molecule has 0 aliphatic heterocycles. The summed E-state index contributed by atoms with van der Waals surface area (Å²) in [6.45, 7) is 13.7. The molecule has 0 saturated heterocycles. The van der Waals surface area contributed by atoms with Crippen LogP contribution >= 0.6 is 0 Å². The van der Waals surface area contributed by atoms with Crippen LogP contribution in [0.2, 0.25) is 0 Å². The molecule has 0 aromatic rings. The second kappa shape index (κ2) is 8.76. The average Bonchev–Trinajstić information content (AvgIpc) is 2.78. The molecular weight excluding hydrogens is 472 g/mol. The van der Waals surface area contributed by atoms with Crippen LogP contribution in [-0.2, 0) is 4.79 Å². The number of rotatable bonds is 5. The maximum atomic E-state index is 12.0. The van der Waals surface area contributed by atoms with Gasteiger partial charge in [0.25, 0.3) is 0 Å². The van der Waals surface area contributed by atoms with Gasteiger partial charge in [0.05, 0.1) is 30.5 Å². The summed E-state index contributed by atoms with van der Waals surface area (Å²) in [5, 5.41) is 66.1. The zero-order valence-electron chi connectivity index (χ0n) is 23.8. The highest BCUT2D eigenvalue weighted by Crippen LogP contribution is 2.74. The monoisotopic (exact) mass is 522 g/mol. The Labute approximate surface area is 222 Å². The standard InChI is InChI=1S/C30H50O7/c1-25(2)13-18-17-8-9-19-26(3,11-10-24(35)36)20(28(5,37)16-31)12-21(32)30(19,7)29(17,6)23(34)15-27(18,4)22(33)14-25/h8,18-23,31-34,37H,9-16H2,1-7H3,(H,35,36). The Morgan fingerprint density at radius 3 is 2.19 bits per heavy atom. The third-order valence-electron chi connectivity index (χ3n) is 12.4. The van der Waals surface area contributed by atoms with Crippen molar-refractivity contribution in [3.8, 4) is 0 Å². The first-order chi connectivity index (χ1) is 16.8. The van der Waals surface area contributed by atoms with Gasteiger partial charge in [-0.3, -0.25) is 4.79 Å². The minimum Gasteiger partial charge on any atom is -0.481 e. The molecule has 0 spiro atoms. The predicted molar refractivity (Wildman–Crippen MR) is 140 cm³/mol. The number of hydrogen-bond acceptors (Lipinski definition) is 6. The lowest BCUT2D eigenvalue weighted by Crippen LogP contribution is -2.71. The SMILES string of the molecule is CC1(C)CC(O)C2(C)CC(O)C3(C)C(=CCC4C(C)(CCC(=O)O)C(C(C)(O)CO)CC(O)C43C)C2C1. The van der Waals surface area contributed by atoms with Crippen molar-refractivity contribution >= 4 is 5.97 Å². The maximum Gasteiger partial charge on any atom is 0.303 e. The Hall–Kier alpha value is -0.990. The molecule has 0 aromatic carbocycles. The highest BCUT2D eigenvalue weighted by molar-refractivity contribution is 5.66. The molecule has 212 valence electrons. The molecule has 6 N–H and O–H groups in total. The van der Waals surface area contributed by atoms with Gasteiger partial charge in [0, 0.05) is 22.7 Å². The van der Waals surface area contributed by atoms with Gasteiger partial charge in [-0.15, -0.1) is 0 Å².